The molecule has 0 bridgehead atoms. The number of hydrogen-bond acceptors (Lipinski definition) is 3. The molecule has 0 radical (unpaired) electrons. The van der Waals surface area contributed by atoms with Crippen molar-refractivity contribution in [2.24, 2.45) is 0 Å². The number of ketones is 1. The molecule has 0 saturated carbocycles. The van der Waals surface area contributed by atoms with Crippen molar-refractivity contribution < 1.29 is 23.1 Å². The fraction of sp³-hybridized carbons (Fsp3) is 0.412. The molecular weight excluding hydrogens is 304 g/mol. The van der Waals surface area contributed by atoms with Crippen LogP contribution in [0.15, 0.2) is 18.2 Å². The summed E-state index contributed by atoms with van der Waals surface area (Å²) in [5.41, 5.74) is -0.605. The highest BCUT2D eigenvalue weighted by molar-refractivity contribution is 5.94. The Hall–Kier alpha value is -2.24. The molecule has 0 aromatic heterocycles. The smallest absolute Gasteiger partial charge is 0.407 e. The van der Waals surface area contributed by atoms with Crippen LogP contribution < -0.4 is 5.32 Å². The predicted octanol–water partition coefficient (Wildman–Crippen LogP) is 4.10. The van der Waals surface area contributed by atoms with Crippen LogP contribution in [0.1, 0.15) is 50.0 Å². The monoisotopic (exact) mass is 325 g/mol. The number of hydrogen-bond donors (Lipinski definition) is 1. The third-order valence-corrected chi connectivity index (χ3v) is 2.74. The lowest BCUT2D eigenvalue weighted by Gasteiger charge is -2.19. The summed E-state index contributed by atoms with van der Waals surface area (Å²) in [4.78, 5) is 22.7. The van der Waals surface area contributed by atoms with E-state index in [-0.39, 0.29) is 11.1 Å². The lowest BCUT2D eigenvalue weighted by molar-refractivity contribution is 0.0528. The van der Waals surface area contributed by atoms with Crippen molar-refractivity contribution in [2.45, 2.75) is 39.7 Å². The van der Waals surface area contributed by atoms with Gasteiger partial charge in [0.25, 0.3) is 0 Å². The Bertz CT molecular complexity index is 619. The number of nitrogens with one attached hydrogen (secondary N) is 1. The number of ether oxygens (including phenoxy) is 1. The summed E-state index contributed by atoms with van der Waals surface area (Å²) in [6, 6.07) is 1.86. The first-order valence-electron chi connectivity index (χ1n) is 7.23. The summed E-state index contributed by atoms with van der Waals surface area (Å²) in [7, 11) is 0. The van der Waals surface area contributed by atoms with E-state index in [1.807, 2.05) is 0 Å². The van der Waals surface area contributed by atoms with Crippen molar-refractivity contribution in [1.82, 2.24) is 5.32 Å². The Labute approximate surface area is 134 Å². The molecule has 0 aliphatic heterocycles. The molecule has 6 heteroatoms. The molecule has 1 aromatic rings. The lowest BCUT2D eigenvalue weighted by Crippen LogP contribution is -2.32. The normalized spacial score (nSPS) is 11.6. The molecule has 1 rings (SSSR count). The maximum atomic E-state index is 13.6. The van der Waals surface area contributed by atoms with Gasteiger partial charge in [-0.25, -0.2) is 13.6 Å². The number of Topliss-reactive ketones (excluding diaryl/α,β-unsaturated/α-hetero) is 1. The van der Waals surface area contributed by atoms with Gasteiger partial charge in [0.2, 0.25) is 0 Å². The molecule has 0 aliphatic carbocycles. The van der Waals surface area contributed by atoms with Gasteiger partial charge in [-0.3, -0.25) is 4.79 Å². The van der Waals surface area contributed by atoms with Crippen LogP contribution in [0.4, 0.5) is 13.6 Å². The summed E-state index contributed by atoms with van der Waals surface area (Å²) in [5.74, 6) is -2.09. The van der Waals surface area contributed by atoms with E-state index in [1.165, 1.54) is 19.1 Å². The zero-order valence-corrected chi connectivity index (χ0v) is 13.7. The summed E-state index contributed by atoms with van der Waals surface area (Å²) >= 11 is 0. The molecule has 0 fully saturated rings. The van der Waals surface area contributed by atoms with Crippen LogP contribution in [0.2, 0.25) is 0 Å². The summed E-state index contributed by atoms with van der Waals surface area (Å²) < 4.78 is 32.1. The lowest BCUT2D eigenvalue weighted by atomic mass is 10.1. The van der Waals surface area contributed by atoms with Gasteiger partial charge in [-0.05, 0) is 40.2 Å². The molecule has 126 valence electrons. The molecule has 0 unspecified atom stereocenters. The van der Waals surface area contributed by atoms with Crippen LogP contribution in [-0.2, 0) is 4.74 Å². The van der Waals surface area contributed by atoms with Crippen LogP contribution in [0.5, 0.6) is 0 Å². The molecule has 0 saturated heterocycles. The first-order chi connectivity index (χ1) is 10.6. The highest BCUT2D eigenvalue weighted by atomic mass is 19.1. The number of amides is 1. The molecule has 1 amide bonds. The minimum atomic E-state index is -0.876. The average molecular weight is 325 g/mol. The zero-order valence-electron chi connectivity index (χ0n) is 13.7. The highest BCUT2D eigenvalue weighted by Gasteiger charge is 2.15. The molecule has 1 N–H and O–H groups in total. The van der Waals surface area contributed by atoms with Crippen molar-refractivity contribution >= 4 is 18.0 Å². The molecular formula is C17H21F2NO3. The van der Waals surface area contributed by atoms with E-state index in [0.29, 0.717) is 19.0 Å². The van der Waals surface area contributed by atoms with E-state index in [0.717, 1.165) is 0 Å². The average Bonchev–Trinajstić information content (AvgIpc) is 2.38. The number of rotatable bonds is 5. The minimum absolute atomic E-state index is 0.119. The quantitative estimate of drug-likeness (QED) is 0.655. The van der Waals surface area contributed by atoms with Gasteiger partial charge in [-0.1, -0.05) is 12.2 Å². The molecule has 1 aromatic carbocycles. The Kier molecular flexibility index (Phi) is 6.42. The Morgan fingerprint density at radius 1 is 1.22 bits per heavy atom. The maximum absolute atomic E-state index is 13.6. The van der Waals surface area contributed by atoms with Gasteiger partial charge in [0, 0.05) is 18.2 Å². The molecule has 23 heavy (non-hydrogen) atoms. The van der Waals surface area contributed by atoms with Crippen molar-refractivity contribution in [1.29, 1.82) is 0 Å². The topological polar surface area (TPSA) is 55.4 Å². The Morgan fingerprint density at radius 2 is 1.87 bits per heavy atom. The van der Waals surface area contributed by atoms with Crippen LogP contribution >= 0.6 is 0 Å². The van der Waals surface area contributed by atoms with Gasteiger partial charge in [0.1, 0.15) is 17.2 Å². The molecule has 4 nitrogen and oxygen atoms in total. The fourth-order valence-electron chi connectivity index (χ4n) is 1.75. The second-order valence-corrected chi connectivity index (χ2v) is 6.03. The molecule has 0 aliphatic rings. The second-order valence-electron chi connectivity index (χ2n) is 6.03. The maximum Gasteiger partial charge on any atom is 0.407 e. The third kappa shape index (κ3) is 6.59. The SMILES string of the molecule is CC(=O)c1cc(C=CCCNC(=O)OC(C)(C)C)c(F)cc1F. The van der Waals surface area contributed by atoms with Gasteiger partial charge in [0.15, 0.2) is 5.78 Å². The largest absolute Gasteiger partial charge is 0.444 e. The van der Waals surface area contributed by atoms with Crippen molar-refractivity contribution in [3.8, 4) is 0 Å². The van der Waals surface area contributed by atoms with Crippen LogP contribution in [0, 0.1) is 11.6 Å². The predicted molar refractivity (Wildman–Crippen MR) is 84.3 cm³/mol. The van der Waals surface area contributed by atoms with Crippen LogP contribution in [-0.4, -0.2) is 24.0 Å². The van der Waals surface area contributed by atoms with E-state index in [4.69, 9.17) is 4.74 Å². The highest BCUT2D eigenvalue weighted by Crippen LogP contribution is 2.17. The van der Waals surface area contributed by atoms with E-state index in [9.17, 15) is 18.4 Å². The first kappa shape index (κ1) is 18.8. The summed E-state index contributed by atoms with van der Waals surface area (Å²) in [5, 5.41) is 2.56. The van der Waals surface area contributed by atoms with Crippen LogP contribution in [0.3, 0.4) is 0 Å². The number of carbonyl (C=O) groups excluding carboxylic acids is 2. The summed E-state index contributed by atoms with van der Waals surface area (Å²) in [6.45, 7) is 6.81. The van der Waals surface area contributed by atoms with Gasteiger partial charge in [-0.15, -0.1) is 0 Å². The van der Waals surface area contributed by atoms with Crippen molar-refractivity contribution in [3.63, 3.8) is 0 Å². The van der Waals surface area contributed by atoms with E-state index < -0.39 is 29.1 Å². The fourth-order valence-corrected chi connectivity index (χ4v) is 1.75. The third-order valence-electron chi connectivity index (χ3n) is 2.74. The molecule has 0 spiro atoms. The van der Waals surface area contributed by atoms with Crippen molar-refractivity contribution in [2.75, 3.05) is 6.54 Å². The Morgan fingerprint density at radius 3 is 2.43 bits per heavy atom. The standard InChI is InChI=1S/C17H21F2NO3/c1-11(21)13-9-12(14(18)10-15(13)19)7-5-6-8-20-16(22)23-17(2,3)4/h5,7,9-10H,6,8H2,1-4H3,(H,20,22). The minimum Gasteiger partial charge on any atom is -0.444 e. The van der Waals surface area contributed by atoms with E-state index in [2.05, 4.69) is 5.32 Å². The second kappa shape index (κ2) is 7.85. The van der Waals surface area contributed by atoms with Crippen molar-refractivity contribution in [3.05, 3.63) is 41.0 Å². The van der Waals surface area contributed by atoms with E-state index >= 15 is 0 Å². The van der Waals surface area contributed by atoms with Gasteiger partial charge in [-0.2, -0.15) is 0 Å². The number of benzene rings is 1. The van der Waals surface area contributed by atoms with Gasteiger partial charge >= 0.3 is 6.09 Å². The number of carbonyl (C=O) groups is 2. The first-order valence-corrected chi connectivity index (χ1v) is 7.23. The molecule has 0 atom stereocenters. The summed E-state index contributed by atoms with van der Waals surface area (Å²) in [6.07, 6.45) is 2.97. The van der Waals surface area contributed by atoms with Crippen LogP contribution in [0.25, 0.3) is 6.08 Å². The number of halogens is 2. The van der Waals surface area contributed by atoms with Gasteiger partial charge in [0.05, 0.1) is 5.56 Å². The zero-order chi connectivity index (χ0) is 17.6. The Balaban J connectivity index is 2.57. The van der Waals surface area contributed by atoms with Gasteiger partial charge < -0.3 is 10.1 Å². The number of alkyl carbamates (subject to hydrolysis) is 1. The molecule has 0 heterocycles. The van der Waals surface area contributed by atoms with E-state index in [1.54, 1.807) is 26.8 Å².